The van der Waals surface area contributed by atoms with Crippen LogP contribution in [-0.4, -0.2) is 24.9 Å². The number of nitrogens with two attached hydrogens (primary N) is 1. The van der Waals surface area contributed by atoms with Crippen molar-refractivity contribution in [1.29, 1.82) is 0 Å². The predicted octanol–water partition coefficient (Wildman–Crippen LogP) is 4.33. The van der Waals surface area contributed by atoms with Gasteiger partial charge in [0, 0.05) is 24.4 Å². The van der Waals surface area contributed by atoms with Gasteiger partial charge in [-0.3, -0.25) is 9.67 Å². The molecular formula is C20H19FN6O. The van der Waals surface area contributed by atoms with E-state index < -0.39 is 5.82 Å². The number of fused-ring (bicyclic) bond motifs is 1. The molecule has 0 saturated heterocycles. The van der Waals surface area contributed by atoms with Crippen LogP contribution in [-0.2, 0) is 0 Å². The Morgan fingerprint density at radius 1 is 1.14 bits per heavy atom. The average Bonchev–Trinajstić information content (AvgIpc) is 3.30. The molecule has 2 N–H and O–H groups in total. The molecule has 0 radical (unpaired) electrons. The summed E-state index contributed by atoms with van der Waals surface area (Å²) in [7, 11) is 0. The molecule has 0 bridgehead atoms. The fourth-order valence-corrected chi connectivity index (χ4v) is 3.56. The van der Waals surface area contributed by atoms with Crippen LogP contribution in [0.4, 0.5) is 10.2 Å². The van der Waals surface area contributed by atoms with Crippen molar-refractivity contribution in [3.8, 4) is 22.6 Å². The van der Waals surface area contributed by atoms with Crippen LogP contribution < -0.4 is 5.73 Å². The van der Waals surface area contributed by atoms with Crippen LogP contribution in [0.1, 0.15) is 44.4 Å². The maximum atomic E-state index is 14.6. The van der Waals surface area contributed by atoms with E-state index in [-0.39, 0.29) is 17.7 Å². The van der Waals surface area contributed by atoms with Gasteiger partial charge in [0.1, 0.15) is 34.5 Å². The molecule has 0 aliphatic heterocycles. The number of rotatable bonds is 4. The van der Waals surface area contributed by atoms with E-state index >= 15 is 0 Å². The maximum absolute atomic E-state index is 14.6. The van der Waals surface area contributed by atoms with Crippen LogP contribution in [0, 0.1) is 5.82 Å². The second-order valence-corrected chi connectivity index (χ2v) is 7.36. The van der Waals surface area contributed by atoms with Gasteiger partial charge in [-0.2, -0.15) is 5.10 Å². The largest absolute Gasteiger partial charge is 0.383 e. The van der Waals surface area contributed by atoms with E-state index in [9.17, 15) is 4.39 Å². The number of pyridine rings is 2. The molecular weight excluding hydrogens is 359 g/mol. The molecule has 142 valence electrons. The molecule has 0 atom stereocenters. The van der Waals surface area contributed by atoms with Gasteiger partial charge in [0.2, 0.25) is 0 Å². The first kappa shape index (κ1) is 16.9. The molecule has 8 heteroatoms. The standard InChI is InChI=1S/C20H19FN6O/c1-10(2)27-13-7-9-24-20(22)14(13)17(25-27)18-15(16-12(21)4-3-8-23-16)19(28-26-18)11-5-6-11/h3-4,7-11H,5-6H2,1-2H3,(H2,22,24). The Morgan fingerprint density at radius 2 is 1.96 bits per heavy atom. The first-order valence-electron chi connectivity index (χ1n) is 9.29. The molecule has 1 aliphatic rings. The van der Waals surface area contributed by atoms with Crippen molar-refractivity contribution in [2.45, 2.75) is 38.6 Å². The highest BCUT2D eigenvalue weighted by atomic mass is 19.1. The van der Waals surface area contributed by atoms with Gasteiger partial charge in [-0.05, 0) is 44.9 Å². The molecule has 1 fully saturated rings. The SMILES string of the molecule is CC(C)n1nc(-c2noc(C3CC3)c2-c2ncccc2F)c2c(N)nccc21. The molecule has 7 nitrogen and oxygen atoms in total. The lowest BCUT2D eigenvalue weighted by Gasteiger charge is -2.06. The number of hydrogen-bond acceptors (Lipinski definition) is 6. The summed E-state index contributed by atoms with van der Waals surface area (Å²) in [5.74, 6) is 0.809. The van der Waals surface area contributed by atoms with Crippen molar-refractivity contribution in [1.82, 2.24) is 24.9 Å². The zero-order valence-electron chi connectivity index (χ0n) is 15.6. The van der Waals surface area contributed by atoms with Gasteiger partial charge in [-0.25, -0.2) is 9.37 Å². The minimum absolute atomic E-state index is 0.0999. The molecule has 1 aliphatic carbocycles. The Hall–Kier alpha value is -3.29. The van der Waals surface area contributed by atoms with Crippen LogP contribution in [0.25, 0.3) is 33.5 Å². The summed E-state index contributed by atoms with van der Waals surface area (Å²) in [4.78, 5) is 8.48. The molecule has 0 amide bonds. The second-order valence-electron chi connectivity index (χ2n) is 7.36. The fourth-order valence-electron chi connectivity index (χ4n) is 3.56. The van der Waals surface area contributed by atoms with Crippen molar-refractivity contribution in [2.24, 2.45) is 0 Å². The number of hydrogen-bond donors (Lipinski definition) is 1. The maximum Gasteiger partial charge on any atom is 0.150 e. The van der Waals surface area contributed by atoms with Gasteiger partial charge >= 0.3 is 0 Å². The summed E-state index contributed by atoms with van der Waals surface area (Å²) in [6, 6.07) is 4.91. The van der Waals surface area contributed by atoms with Crippen molar-refractivity contribution in [2.75, 3.05) is 5.73 Å². The van der Waals surface area contributed by atoms with Crippen molar-refractivity contribution in [3.05, 3.63) is 42.2 Å². The molecule has 1 saturated carbocycles. The van der Waals surface area contributed by atoms with E-state index in [0.717, 1.165) is 18.4 Å². The zero-order chi connectivity index (χ0) is 19.4. The fraction of sp³-hybridized carbons (Fsp3) is 0.300. The quantitative estimate of drug-likeness (QED) is 0.568. The van der Waals surface area contributed by atoms with Crippen molar-refractivity contribution >= 4 is 16.7 Å². The highest BCUT2D eigenvalue weighted by Gasteiger charge is 2.36. The molecule has 4 heterocycles. The number of nitrogen functional groups attached to an aromatic ring is 1. The average molecular weight is 378 g/mol. The third kappa shape index (κ3) is 2.48. The van der Waals surface area contributed by atoms with Gasteiger partial charge in [0.15, 0.2) is 0 Å². The molecule has 5 rings (SSSR count). The Kier molecular flexibility index (Phi) is 3.68. The third-order valence-corrected chi connectivity index (χ3v) is 5.03. The van der Waals surface area contributed by atoms with Gasteiger partial charge in [-0.15, -0.1) is 0 Å². The molecule has 0 spiro atoms. The molecule has 4 aromatic heterocycles. The van der Waals surface area contributed by atoms with Crippen molar-refractivity contribution < 1.29 is 8.91 Å². The zero-order valence-corrected chi connectivity index (χ0v) is 15.6. The first-order valence-corrected chi connectivity index (χ1v) is 9.29. The summed E-state index contributed by atoms with van der Waals surface area (Å²) >= 11 is 0. The number of halogens is 1. The molecule has 4 aromatic rings. The molecule has 28 heavy (non-hydrogen) atoms. The van der Waals surface area contributed by atoms with E-state index in [1.807, 2.05) is 24.6 Å². The van der Waals surface area contributed by atoms with Crippen LogP contribution in [0.15, 0.2) is 35.1 Å². The Bertz CT molecular complexity index is 1190. The van der Waals surface area contributed by atoms with E-state index in [4.69, 9.17) is 15.4 Å². The summed E-state index contributed by atoms with van der Waals surface area (Å²) in [5, 5.41) is 9.73. The van der Waals surface area contributed by atoms with Crippen LogP contribution in [0.3, 0.4) is 0 Å². The number of anilines is 1. The smallest absolute Gasteiger partial charge is 0.150 e. The first-order chi connectivity index (χ1) is 13.6. The molecule has 0 unspecified atom stereocenters. The Labute approximate surface area is 160 Å². The third-order valence-electron chi connectivity index (χ3n) is 5.03. The van der Waals surface area contributed by atoms with Gasteiger partial charge in [0.25, 0.3) is 0 Å². The highest BCUT2D eigenvalue weighted by Crippen LogP contribution is 2.48. The minimum Gasteiger partial charge on any atom is -0.383 e. The molecule has 0 aromatic carbocycles. The lowest BCUT2D eigenvalue weighted by Crippen LogP contribution is -2.02. The lowest BCUT2D eigenvalue weighted by molar-refractivity contribution is 0.386. The minimum atomic E-state index is -0.424. The van der Waals surface area contributed by atoms with E-state index in [1.165, 1.54) is 6.07 Å². The summed E-state index contributed by atoms with van der Waals surface area (Å²) in [5.41, 5.74) is 8.79. The van der Waals surface area contributed by atoms with Crippen LogP contribution in [0.2, 0.25) is 0 Å². The Balaban J connectivity index is 1.84. The topological polar surface area (TPSA) is 95.7 Å². The number of aromatic nitrogens is 5. The van der Waals surface area contributed by atoms with Gasteiger partial charge < -0.3 is 10.3 Å². The summed E-state index contributed by atoms with van der Waals surface area (Å²) in [6.07, 6.45) is 5.19. The second kappa shape index (κ2) is 6.12. The van der Waals surface area contributed by atoms with Crippen LogP contribution >= 0.6 is 0 Å². The van der Waals surface area contributed by atoms with Crippen molar-refractivity contribution in [3.63, 3.8) is 0 Å². The van der Waals surface area contributed by atoms with E-state index in [1.54, 1.807) is 18.5 Å². The normalized spacial score (nSPS) is 14.3. The summed E-state index contributed by atoms with van der Waals surface area (Å²) in [6.45, 7) is 4.06. The van der Waals surface area contributed by atoms with Crippen LogP contribution in [0.5, 0.6) is 0 Å². The van der Waals surface area contributed by atoms with E-state index in [0.29, 0.717) is 33.9 Å². The lowest BCUT2D eigenvalue weighted by atomic mass is 10.0. The van der Waals surface area contributed by atoms with Gasteiger partial charge in [-0.1, -0.05) is 5.16 Å². The monoisotopic (exact) mass is 378 g/mol. The summed E-state index contributed by atoms with van der Waals surface area (Å²) < 4.78 is 22.2. The number of nitrogens with zero attached hydrogens (tertiary/aromatic N) is 5. The Morgan fingerprint density at radius 3 is 2.68 bits per heavy atom. The predicted molar refractivity (Wildman–Crippen MR) is 103 cm³/mol. The van der Waals surface area contributed by atoms with E-state index in [2.05, 4.69) is 15.1 Å². The van der Waals surface area contributed by atoms with Gasteiger partial charge in [0.05, 0.1) is 16.5 Å². The highest BCUT2D eigenvalue weighted by molar-refractivity contribution is 6.02.